The highest BCUT2D eigenvalue weighted by Gasteiger charge is 2.24. The number of hydrogen-bond acceptors (Lipinski definition) is 6. The van der Waals surface area contributed by atoms with Gasteiger partial charge in [-0.05, 0) is 31.2 Å². The van der Waals surface area contributed by atoms with Crippen molar-refractivity contribution in [2.45, 2.75) is 13.0 Å². The molecule has 2 rings (SSSR count). The van der Waals surface area contributed by atoms with Gasteiger partial charge in [0.1, 0.15) is 17.1 Å². The number of halogens is 1. The van der Waals surface area contributed by atoms with E-state index in [1.165, 1.54) is 64.7 Å². The maximum atomic E-state index is 13.0. The van der Waals surface area contributed by atoms with Crippen LogP contribution in [0.3, 0.4) is 0 Å². The van der Waals surface area contributed by atoms with Gasteiger partial charge in [0.25, 0.3) is 0 Å². The second kappa shape index (κ2) is 8.33. The van der Waals surface area contributed by atoms with Gasteiger partial charge >= 0.3 is 5.97 Å². The molecule has 0 radical (unpaired) electrons. The predicted octanol–water partition coefficient (Wildman–Crippen LogP) is 3.28. The van der Waals surface area contributed by atoms with E-state index in [0.717, 1.165) is 0 Å². The van der Waals surface area contributed by atoms with Gasteiger partial charge < -0.3 is 18.9 Å². The average molecular weight is 362 g/mol. The fraction of sp³-hybridized carbons (Fsp3) is 0.263. The van der Waals surface area contributed by atoms with Crippen molar-refractivity contribution in [1.82, 2.24) is 0 Å². The fourth-order valence-corrected chi connectivity index (χ4v) is 2.32. The molecule has 0 amide bonds. The lowest BCUT2D eigenvalue weighted by molar-refractivity contribution is 0.0315. The van der Waals surface area contributed by atoms with Gasteiger partial charge in [0.05, 0.1) is 21.3 Å². The second-order valence-corrected chi connectivity index (χ2v) is 5.33. The van der Waals surface area contributed by atoms with E-state index >= 15 is 0 Å². The maximum Gasteiger partial charge on any atom is 0.342 e. The van der Waals surface area contributed by atoms with Gasteiger partial charge in [-0.2, -0.15) is 0 Å². The van der Waals surface area contributed by atoms with Crippen LogP contribution in [0.15, 0.2) is 36.4 Å². The molecule has 138 valence electrons. The number of ketones is 1. The molecule has 0 aromatic heterocycles. The summed E-state index contributed by atoms with van der Waals surface area (Å²) in [5, 5.41) is 0. The zero-order valence-corrected chi connectivity index (χ0v) is 14.9. The Morgan fingerprint density at radius 3 is 1.96 bits per heavy atom. The maximum absolute atomic E-state index is 13.0. The van der Waals surface area contributed by atoms with E-state index in [2.05, 4.69) is 0 Å². The lowest BCUT2D eigenvalue weighted by Crippen LogP contribution is -2.24. The summed E-state index contributed by atoms with van der Waals surface area (Å²) >= 11 is 0. The molecule has 0 aliphatic heterocycles. The molecule has 26 heavy (non-hydrogen) atoms. The molecular formula is C19H19FO6. The highest BCUT2D eigenvalue weighted by Crippen LogP contribution is 2.35. The number of carbonyl (C=O) groups is 2. The van der Waals surface area contributed by atoms with Crippen LogP contribution in [0.2, 0.25) is 0 Å². The Hall–Kier alpha value is -3.09. The molecule has 0 saturated heterocycles. The Balaban J connectivity index is 2.23. The third-order valence-corrected chi connectivity index (χ3v) is 3.71. The highest BCUT2D eigenvalue weighted by molar-refractivity contribution is 6.02. The molecule has 0 spiro atoms. The third kappa shape index (κ3) is 4.11. The Kier molecular flexibility index (Phi) is 6.16. The quantitative estimate of drug-likeness (QED) is 0.556. The summed E-state index contributed by atoms with van der Waals surface area (Å²) in [7, 11) is 4.28. The fourth-order valence-electron chi connectivity index (χ4n) is 2.32. The van der Waals surface area contributed by atoms with Crippen molar-refractivity contribution in [1.29, 1.82) is 0 Å². The Bertz CT molecular complexity index is 800. The summed E-state index contributed by atoms with van der Waals surface area (Å²) in [4.78, 5) is 24.8. The monoisotopic (exact) mass is 362 g/mol. The lowest BCUT2D eigenvalue weighted by Gasteiger charge is -2.16. The summed E-state index contributed by atoms with van der Waals surface area (Å²) in [6.07, 6.45) is -1.06. The normalized spacial score (nSPS) is 11.4. The Morgan fingerprint density at radius 1 is 0.885 bits per heavy atom. The van der Waals surface area contributed by atoms with Crippen LogP contribution in [0.1, 0.15) is 27.6 Å². The first kappa shape index (κ1) is 19.2. The molecule has 0 aliphatic rings. The molecule has 0 N–H and O–H groups in total. The van der Waals surface area contributed by atoms with E-state index in [-0.39, 0.29) is 16.9 Å². The van der Waals surface area contributed by atoms with Gasteiger partial charge in [-0.25, -0.2) is 9.18 Å². The largest absolute Gasteiger partial charge is 0.496 e. The summed E-state index contributed by atoms with van der Waals surface area (Å²) in [5.41, 5.74) is 0.329. The van der Waals surface area contributed by atoms with Crippen LogP contribution >= 0.6 is 0 Å². The average Bonchev–Trinajstić information content (AvgIpc) is 2.66. The van der Waals surface area contributed by atoms with Crippen LogP contribution in [0.4, 0.5) is 4.39 Å². The predicted molar refractivity (Wildman–Crippen MR) is 91.7 cm³/mol. The summed E-state index contributed by atoms with van der Waals surface area (Å²) in [6, 6.07) is 7.90. The van der Waals surface area contributed by atoms with Crippen LogP contribution in [0, 0.1) is 5.82 Å². The summed E-state index contributed by atoms with van der Waals surface area (Å²) in [6.45, 7) is 1.44. The van der Waals surface area contributed by atoms with Gasteiger partial charge in [-0.15, -0.1) is 0 Å². The van der Waals surface area contributed by atoms with Crippen molar-refractivity contribution >= 4 is 11.8 Å². The van der Waals surface area contributed by atoms with Crippen molar-refractivity contribution in [3.63, 3.8) is 0 Å². The van der Waals surface area contributed by atoms with Crippen molar-refractivity contribution in [2.75, 3.05) is 21.3 Å². The van der Waals surface area contributed by atoms with Crippen molar-refractivity contribution in [3.05, 3.63) is 53.3 Å². The minimum absolute atomic E-state index is 0.0870. The zero-order chi connectivity index (χ0) is 19.3. The first-order valence-electron chi connectivity index (χ1n) is 7.72. The zero-order valence-electron chi connectivity index (χ0n) is 14.9. The van der Waals surface area contributed by atoms with Crippen LogP contribution in [0.5, 0.6) is 17.2 Å². The first-order valence-corrected chi connectivity index (χ1v) is 7.72. The topological polar surface area (TPSA) is 71.1 Å². The van der Waals surface area contributed by atoms with Gasteiger partial charge in [-0.1, -0.05) is 0 Å². The van der Waals surface area contributed by atoms with E-state index in [4.69, 9.17) is 18.9 Å². The van der Waals surface area contributed by atoms with Gasteiger partial charge in [-0.3, -0.25) is 4.79 Å². The first-order chi connectivity index (χ1) is 12.4. The number of Topliss-reactive ketones (excluding diaryl/α,β-unsaturated/α-hetero) is 1. The van der Waals surface area contributed by atoms with E-state index in [9.17, 15) is 14.0 Å². The van der Waals surface area contributed by atoms with Crippen molar-refractivity contribution in [3.8, 4) is 17.2 Å². The lowest BCUT2D eigenvalue weighted by atomic mass is 10.1. The Labute approximate surface area is 150 Å². The number of methoxy groups -OCH3 is 3. The number of rotatable bonds is 7. The second-order valence-electron chi connectivity index (χ2n) is 5.33. The van der Waals surface area contributed by atoms with E-state index < -0.39 is 23.7 Å². The number of hydrogen-bond donors (Lipinski definition) is 0. The molecule has 2 aromatic carbocycles. The molecule has 6 nitrogen and oxygen atoms in total. The smallest absolute Gasteiger partial charge is 0.342 e. The number of carbonyl (C=O) groups excluding carboxylic acids is 2. The van der Waals surface area contributed by atoms with Crippen molar-refractivity contribution < 1.29 is 32.9 Å². The number of esters is 1. The van der Waals surface area contributed by atoms with Gasteiger partial charge in [0, 0.05) is 17.7 Å². The highest BCUT2D eigenvalue weighted by atomic mass is 19.1. The number of ether oxygens (including phenoxy) is 4. The minimum atomic E-state index is -1.06. The Morgan fingerprint density at radius 2 is 1.42 bits per heavy atom. The molecule has 0 fully saturated rings. The van der Waals surface area contributed by atoms with Crippen LogP contribution in [-0.4, -0.2) is 39.2 Å². The molecule has 0 saturated carbocycles. The molecule has 1 atom stereocenters. The molecular weight excluding hydrogens is 343 g/mol. The number of benzene rings is 2. The molecule has 2 aromatic rings. The van der Waals surface area contributed by atoms with Crippen LogP contribution in [-0.2, 0) is 4.74 Å². The van der Waals surface area contributed by atoms with E-state index in [0.29, 0.717) is 11.5 Å². The van der Waals surface area contributed by atoms with Gasteiger partial charge in [0.15, 0.2) is 17.6 Å². The molecule has 0 unspecified atom stereocenters. The molecule has 0 aliphatic carbocycles. The van der Waals surface area contributed by atoms with Crippen molar-refractivity contribution in [2.24, 2.45) is 0 Å². The molecule has 0 bridgehead atoms. The van der Waals surface area contributed by atoms with E-state index in [1.54, 1.807) is 0 Å². The standard InChI is InChI=1S/C19H19FO6/c1-11(18(21)12-5-7-13(20)8-6-12)26-19(22)14-9-16(24-3)17(25-4)10-15(14)23-2/h5-11H,1-4H3/t11-/m1/s1. The molecule has 7 heteroatoms. The SMILES string of the molecule is COc1cc(OC)c(C(=O)O[C@H](C)C(=O)c2ccc(F)cc2)cc1OC. The third-order valence-electron chi connectivity index (χ3n) is 3.71. The summed E-state index contributed by atoms with van der Waals surface area (Å²) in [5.74, 6) is -0.743. The van der Waals surface area contributed by atoms with Gasteiger partial charge in [0.2, 0.25) is 5.78 Å². The minimum Gasteiger partial charge on any atom is -0.496 e. The molecule has 0 heterocycles. The van der Waals surface area contributed by atoms with E-state index in [1.807, 2.05) is 0 Å². The summed E-state index contributed by atoms with van der Waals surface area (Å²) < 4.78 is 33.7. The van der Waals surface area contributed by atoms with Crippen LogP contribution in [0.25, 0.3) is 0 Å². The van der Waals surface area contributed by atoms with Crippen LogP contribution < -0.4 is 14.2 Å².